The number of ether oxygens (including phenoxy) is 1. The number of anilines is 1. The molecule has 7 nitrogen and oxygen atoms in total. The summed E-state index contributed by atoms with van der Waals surface area (Å²) in [6.45, 7) is 5.43. The molecule has 1 aromatic rings. The number of alkyl halides is 1. The van der Waals surface area contributed by atoms with E-state index in [0.29, 0.717) is 18.8 Å². The van der Waals surface area contributed by atoms with Crippen molar-refractivity contribution in [2.75, 3.05) is 11.9 Å². The van der Waals surface area contributed by atoms with Crippen molar-refractivity contribution in [3.63, 3.8) is 0 Å². The Morgan fingerprint density at radius 1 is 1.40 bits per heavy atom. The van der Waals surface area contributed by atoms with E-state index in [0.717, 1.165) is 6.42 Å². The van der Waals surface area contributed by atoms with Crippen LogP contribution in [0.2, 0.25) is 5.15 Å². The quantitative estimate of drug-likeness (QED) is 0.796. The third-order valence-electron chi connectivity index (χ3n) is 4.73. The maximum atomic E-state index is 15.2. The Hall–Kier alpha value is -1.70. The highest BCUT2D eigenvalue weighted by Crippen LogP contribution is 2.40. The van der Waals surface area contributed by atoms with E-state index in [2.05, 4.69) is 15.2 Å². The summed E-state index contributed by atoms with van der Waals surface area (Å²) in [6.07, 6.45) is 1.64. The molecule has 2 saturated heterocycles. The Balaban J connectivity index is 1.76. The highest BCUT2D eigenvalue weighted by molar-refractivity contribution is 6.29. The van der Waals surface area contributed by atoms with Crippen molar-refractivity contribution in [1.29, 1.82) is 0 Å². The van der Waals surface area contributed by atoms with Crippen LogP contribution in [-0.4, -0.2) is 63.1 Å². The zero-order valence-corrected chi connectivity index (χ0v) is 15.6. The Morgan fingerprint density at radius 3 is 2.72 bits per heavy atom. The second-order valence-electron chi connectivity index (χ2n) is 7.63. The summed E-state index contributed by atoms with van der Waals surface area (Å²) in [4.78, 5) is 19.9. The highest BCUT2D eigenvalue weighted by atomic mass is 35.5. The summed E-state index contributed by atoms with van der Waals surface area (Å²) in [7, 11) is 1.74. The number of nitrogens with zero attached hydrogens (tertiary/aromatic N) is 5. The molecule has 2 fully saturated rings. The predicted molar refractivity (Wildman–Crippen MR) is 91.4 cm³/mol. The number of rotatable bonds is 2. The second-order valence-corrected chi connectivity index (χ2v) is 8.01. The molecule has 0 radical (unpaired) electrons. The molecule has 1 aromatic heterocycles. The van der Waals surface area contributed by atoms with Gasteiger partial charge in [0, 0.05) is 13.1 Å². The molecule has 3 heterocycles. The van der Waals surface area contributed by atoms with Crippen molar-refractivity contribution in [1.82, 2.24) is 20.1 Å². The number of carbonyl (C=O) groups excluding carboxylic acids is 1. The lowest BCUT2D eigenvalue weighted by Crippen LogP contribution is -2.59. The minimum Gasteiger partial charge on any atom is -0.444 e. The first-order valence-electron chi connectivity index (χ1n) is 8.41. The van der Waals surface area contributed by atoms with Gasteiger partial charge in [-0.3, -0.25) is 4.90 Å². The monoisotopic (exact) mass is 371 g/mol. The molecule has 2 aliphatic rings. The lowest BCUT2D eigenvalue weighted by atomic mass is 9.94. The maximum absolute atomic E-state index is 15.2. The van der Waals surface area contributed by atoms with E-state index in [1.807, 2.05) is 20.8 Å². The highest BCUT2D eigenvalue weighted by Gasteiger charge is 2.52. The molecular formula is C16H23ClFN5O2. The molecule has 2 bridgehead atoms. The summed E-state index contributed by atoms with van der Waals surface area (Å²) in [5, 5.41) is 7.87. The SMILES string of the molecule is CN(c1ncc(Cl)nn1)[C@@H]1C[C@H]2CC[C@@H]([C@@H]1F)N2C(=O)OC(C)(C)C. The van der Waals surface area contributed by atoms with E-state index in [4.69, 9.17) is 16.3 Å². The fourth-order valence-corrected chi connectivity index (χ4v) is 3.74. The largest absolute Gasteiger partial charge is 0.444 e. The Bertz CT molecular complexity index is 638. The number of fused-ring (bicyclic) bond motifs is 2. The molecule has 9 heteroatoms. The smallest absolute Gasteiger partial charge is 0.410 e. The van der Waals surface area contributed by atoms with Gasteiger partial charge in [-0.2, -0.15) is 0 Å². The molecule has 3 rings (SSSR count). The van der Waals surface area contributed by atoms with E-state index in [-0.39, 0.29) is 11.2 Å². The van der Waals surface area contributed by atoms with Crippen LogP contribution in [0.15, 0.2) is 6.20 Å². The molecule has 2 aliphatic heterocycles. The van der Waals surface area contributed by atoms with Crippen molar-refractivity contribution in [2.45, 2.75) is 69.9 Å². The standard InChI is InChI=1S/C16H23ClFN5O2/c1-16(2,3)25-15(24)23-9-5-6-10(23)13(18)11(7-9)22(4)14-19-8-12(17)20-21-14/h8-11,13H,5-7H2,1-4H3/t9-,10+,11-,13+/m1/s1. The molecule has 4 atom stereocenters. The lowest BCUT2D eigenvalue weighted by molar-refractivity contribution is -0.0104. The minimum atomic E-state index is -1.21. The minimum absolute atomic E-state index is 0.0421. The zero-order valence-electron chi connectivity index (χ0n) is 14.8. The first-order valence-corrected chi connectivity index (χ1v) is 8.78. The van der Waals surface area contributed by atoms with Crippen molar-refractivity contribution < 1.29 is 13.9 Å². The summed E-state index contributed by atoms with van der Waals surface area (Å²) in [6, 6.07) is -0.944. The average Bonchev–Trinajstić information content (AvgIpc) is 2.87. The lowest BCUT2D eigenvalue weighted by Gasteiger charge is -2.44. The first kappa shape index (κ1) is 18.1. The van der Waals surface area contributed by atoms with Gasteiger partial charge in [0.1, 0.15) is 11.8 Å². The van der Waals surface area contributed by atoms with E-state index in [1.54, 1.807) is 16.8 Å². The predicted octanol–water partition coefficient (Wildman–Crippen LogP) is 2.84. The number of aromatic nitrogens is 3. The van der Waals surface area contributed by atoms with Crippen LogP contribution in [0.25, 0.3) is 0 Å². The van der Waals surface area contributed by atoms with E-state index < -0.39 is 29.9 Å². The molecule has 0 unspecified atom stereocenters. The van der Waals surface area contributed by atoms with Crippen LogP contribution in [0.5, 0.6) is 0 Å². The van der Waals surface area contributed by atoms with Crippen LogP contribution < -0.4 is 4.90 Å². The molecule has 0 spiro atoms. The van der Waals surface area contributed by atoms with Crippen molar-refractivity contribution in [3.8, 4) is 0 Å². The van der Waals surface area contributed by atoms with Crippen LogP contribution in [0.3, 0.4) is 0 Å². The molecule has 0 N–H and O–H groups in total. The van der Waals surface area contributed by atoms with Crippen molar-refractivity contribution >= 4 is 23.6 Å². The fourth-order valence-electron chi connectivity index (χ4n) is 3.66. The fraction of sp³-hybridized carbons (Fsp3) is 0.750. The van der Waals surface area contributed by atoms with Crippen LogP contribution >= 0.6 is 11.6 Å². The van der Waals surface area contributed by atoms with Gasteiger partial charge in [-0.1, -0.05) is 11.6 Å². The average molecular weight is 372 g/mol. The molecule has 138 valence electrons. The number of carbonyl (C=O) groups is 1. The topological polar surface area (TPSA) is 71.5 Å². The summed E-state index contributed by atoms with van der Waals surface area (Å²) < 4.78 is 20.7. The van der Waals surface area contributed by atoms with Crippen LogP contribution in [0, 0.1) is 0 Å². The van der Waals surface area contributed by atoms with E-state index >= 15 is 4.39 Å². The van der Waals surface area contributed by atoms with Gasteiger partial charge in [0.15, 0.2) is 5.15 Å². The van der Waals surface area contributed by atoms with Gasteiger partial charge in [0.05, 0.1) is 18.3 Å². The Kier molecular flexibility index (Phi) is 4.74. The van der Waals surface area contributed by atoms with Crippen LogP contribution in [-0.2, 0) is 4.74 Å². The number of halogens is 2. The van der Waals surface area contributed by atoms with Gasteiger partial charge in [0.2, 0.25) is 5.95 Å². The van der Waals surface area contributed by atoms with Gasteiger partial charge >= 0.3 is 6.09 Å². The van der Waals surface area contributed by atoms with E-state index in [1.165, 1.54) is 6.20 Å². The summed E-state index contributed by atoms with van der Waals surface area (Å²) >= 11 is 5.71. The van der Waals surface area contributed by atoms with Crippen molar-refractivity contribution in [3.05, 3.63) is 11.3 Å². The normalized spacial score (nSPS) is 28.8. The van der Waals surface area contributed by atoms with Crippen molar-refractivity contribution in [2.24, 2.45) is 0 Å². The van der Waals surface area contributed by atoms with Gasteiger partial charge in [-0.05, 0) is 40.0 Å². The second kappa shape index (κ2) is 6.55. The van der Waals surface area contributed by atoms with Crippen LogP contribution in [0.4, 0.5) is 15.1 Å². The number of piperidine rings is 1. The molecule has 0 saturated carbocycles. The first-order chi connectivity index (χ1) is 11.7. The third-order valence-corrected chi connectivity index (χ3v) is 4.91. The molecular weight excluding hydrogens is 349 g/mol. The maximum Gasteiger partial charge on any atom is 0.410 e. The van der Waals surface area contributed by atoms with E-state index in [9.17, 15) is 4.79 Å². The van der Waals surface area contributed by atoms with Crippen LogP contribution in [0.1, 0.15) is 40.0 Å². The van der Waals surface area contributed by atoms with Gasteiger partial charge in [0.25, 0.3) is 0 Å². The molecule has 25 heavy (non-hydrogen) atoms. The van der Waals surface area contributed by atoms with Gasteiger partial charge in [-0.25, -0.2) is 14.2 Å². The summed E-state index contributed by atoms with van der Waals surface area (Å²) in [5.41, 5.74) is -0.598. The molecule has 1 amide bonds. The number of hydrogen-bond donors (Lipinski definition) is 0. The number of amides is 1. The Morgan fingerprint density at radius 2 is 2.12 bits per heavy atom. The molecule has 0 aliphatic carbocycles. The van der Waals surface area contributed by atoms with Gasteiger partial charge < -0.3 is 9.64 Å². The Labute approximate surface area is 151 Å². The summed E-state index contributed by atoms with van der Waals surface area (Å²) in [5.74, 6) is 0.321. The molecule has 0 aromatic carbocycles. The number of hydrogen-bond acceptors (Lipinski definition) is 6. The van der Waals surface area contributed by atoms with Gasteiger partial charge in [-0.15, -0.1) is 10.2 Å². The third kappa shape index (κ3) is 3.63. The zero-order chi connectivity index (χ0) is 18.4.